The maximum Gasteiger partial charge on any atom is 0.410 e. The first-order valence-electron chi connectivity index (χ1n) is 8.06. The van der Waals surface area contributed by atoms with Gasteiger partial charge in [-0.2, -0.15) is 0 Å². The third-order valence-electron chi connectivity index (χ3n) is 3.36. The Morgan fingerprint density at radius 3 is 2.91 bits per heavy atom. The summed E-state index contributed by atoms with van der Waals surface area (Å²) in [6.07, 6.45) is 3.12. The summed E-state index contributed by atoms with van der Waals surface area (Å²) in [6, 6.07) is 1.91. The molecule has 23 heavy (non-hydrogen) atoms. The Hall–Kier alpha value is -2.05. The Kier molecular flexibility index (Phi) is 5.63. The Morgan fingerprint density at radius 1 is 1.43 bits per heavy atom. The third kappa shape index (κ3) is 5.58. The van der Waals surface area contributed by atoms with Gasteiger partial charge in [-0.15, -0.1) is 0 Å². The van der Waals surface area contributed by atoms with Gasteiger partial charge in [-0.1, -0.05) is 0 Å². The number of nitrogens with zero attached hydrogens (tertiary/aromatic N) is 3. The van der Waals surface area contributed by atoms with Gasteiger partial charge < -0.3 is 19.7 Å². The maximum atomic E-state index is 12.2. The van der Waals surface area contributed by atoms with Crippen LogP contribution in [-0.2, 0) is 4.74 Å². The number of hydrogen-bond donors (Lipinski definition) is 1. The van der Waals surface area contributed by atoms with Gasteiger partial charge >= 0.3 is 6.09 Å². The SMILES string of the molecule is CCOc1cc(N[C@@H]2CCCN(C(=O)OC(C)(C)C)C2)ncn1. The zero-order chi connectivity index (χ0) is 16.9. The molecule has 1 atom stereocenters. The third-order valence-corrected chi connectivity index (χ3v) is 3.36. The van der Waals surface area contributed by atoms with Crippen LogP contribution >= 0.6 is 0 Å². The quantitative estimate of drug-likeness (QED) is 0.918. The van der Waals surface area contributed by atoms with E-state index in [1.165, 1.54) is 6.33 Å². The van der Waals surface area contributed by atoms with E-state index in [1.54, 1.807) is 11.0 Å². The molecule has 0 saturated carbocycles. The van der Waals surface area contributed by atoms with Crippen molar-refractivity contribution in [3.63, 3.8) is 0 Å². The first kappa shape index (κ1) is 17.3. The van der Waals surface area contributed by atoms with E-state index in [-0.39, 0.29) is 12.1 Å². The van der Waals surface area contributed by atoms with Crippen molar-refractivity contribution in [1.82, 2.24) is 14.9 Å². The highest BCUT2D eigenvalue weighted by Crippen LogP contribution is 2.19. The number of carbonyl (C=O) groups is 1. The van der Waals surface area contributed by atoms with Crippen LogP contribution in [0.1, 0.15) is 40.5 Å². The number of amides is 1. The van der Waals surface area contributed by atoms with Gasteiger partial charge in [0.05, 0.1) is 6.61 Å². The number of carbonyl (C=O) groups excluding carboxylic acids is 1. The molecule has 1 N–H and O–H groups in total. The molecule has 1 aromatic rings. The topological polar surface area (TPSA) is 76.6 Å². The molecule has 128 valence electrons. The molecule has 1 saturated heterocycles. The van der Waals surface area contributed by atoms with Crippen LogP contribution in [0.2, 0.25) is 0 Å². The molecule has 7 heteroatoms. The summed E-state index contributed by atoms with van der Waals surface area (Å²) in [5.41, 5.74) is -0.476. The van der Waals surface area contributed by atoms with E-state index in [0.29, 0.717) is 24.8 Å². The highest BCUT2D eigenvalue weighted by molar-refractivity contribution is 5.68. The van der Waals surface area contributed by atoms with Gasteiger partial charge in [-0.25, -0.2) is 14.8 Å². The van der Waals surface area contributed by atoms with Crippen molar-refractivity contribution in [3.8, 4) is 5.88 Å². The molecule has 0 aliphatic carbocycles. The van der Waals surface area contributed by atoms with E-state index >= 15 is 0 Å². The van der Waals surface area contributed by atoms with Crippen molar-refractivity contribution in [2.24, 2.45) is 0 Å². The van der Waals surface area contributed by atoms with Gasteiger partial charge in [0.1, 0.15) is 17.7 Å². The Balaban J connectivity index is 1.93. The molecule has 0 bridgehead atoms. The molecule has 2 rings (SSSR count). The predicted molar refractivity (Wildman–Crippen MR) is 87.7 cm³/mol. The lowest BCUT2D eigenvalue weighted by atomic mass is 10.1. The lowest BCUT2D eigenvalue weighted by molar-refractivity contribution is 0.0206. The molecular formula is C16H26N4O3. The Labute approximate surface area is 137 Å². The maximum absolute atomic E-state index is 12.2. The number of ether oxygens (including phenoxy) is 2. The second-order valence-electron chi connectivity index (χ2n) is 6.58. The Bertz CT molecular complexity index is 530. The summed E-state index contributed by atoms with van der Waals surface area (Å²) in [4.78, 5) is 22.2. The second kappa shape index (κ2) is 7.48. The van der Waals surface area contributed by atoms with Gasteiger partial charge in [0.15, 0.2) is 0 Å². The Morgan fingerprint density at radius 2 is 2.22 bits per heavy atom. The molecule has 0 unspecified atom stereocenters. The number of rotatable bonds is 4. The van der Waals surface area contributed by atoms with Crippen LogP contribution < -0.4 is 10.1 Å². The zero-order valence-corrected chi connectivity index (χ0v) is 14.3. The number of likely N-dealkylation sites (tertiary alicyclic amines) is 1. The highest BCUT2D eigenvalue weighted by atomic mass is 16.6. The van der Waals surface area contributed by atoms with Crippen LogP contribution in [0.15, 0.2) is 12.4 Å². The molecule has 1 aliphatic rings. The van der Waals surface area contributed by atoms with Gasteiger partial charge in [-0.05, 0) is 40.5 Å². The molecule has 1 aromatic heterocycles. The fourth-order valence-corrected chi connectivity index (χ4v) is 2.44. The van der Waals surface area contributed by atoms with Gasteiger partial charge in [-0.3, -0.25) is 0 Å². The minimum absolute atomic E-state index is 0.139. The van der Waals surface area contributed by atoms with Crippen molar-refractivity contribution < 1.29 is 14.3 Å². The second-order valence-corrected chi connectivity index (χ2v) is 6.58. The summed E-state index contributed by atoms with van der Waals surface area (Å²) >= 11 is 0. The number of aromatic nitrogens is 2. The van der Waals surface area contributed by atoms with Crippen LogP contribution in [0.4, 0.5) is 10.6 Å². The number of hydrogen-bond acceptors (Lipinski definition) is 6. The van der Waals surface area contributed by atoms with Crippen molar-refractivity contribution in [2.75, 3.05) is 25.0 Å². The van der Waals surface area contributed by atoms with E-state index in [9.17, 15) is 4.79 Å². The minimum Gasteiger partial charge on any atom is -0.478 e. The first-order valence-corrected chi connectivity index (χ1v) is 8.06. The first-order chi connectivity index (χ1) is 10.9. The number of piperidine rings is 1. The van der Waals surface area contributed by atoms with Gasteiger partial charge in [0, 0.05) is 25.2 Å². The largest absolute Gasteiger partial charge is 0.478 e. The van der Waals surface area contributed by atoms with Crippen molar-refractivity contribution in [1.29, 1.82) is 0 Å². The fourth-order valence-electron chi connectivity index (χ4n) is 2.44. The van der Waals surface area contributed by atoms with E-state index in [4.69, 9.17) is 9.47 Å². The van der Waals surface area contributed by atoms with Crippen LogP contribution in [0.5, 0.6) is 5.88 Å². The molecule has 0 spiro atoms. The molecule has 1 fully saturated rings. The molecule has 7 nitrogen and oxygen atoms in total. The van der Waals surface area contributed by atoms with E-state index in [0.717, 1.165) is 19.4 Å². The molecule has 2 heterocycles. The summed E-state index contributed by atoms with van der Waals surface area (Å²) in [5.74, 6) is 1.25. The smallest absolute Gasteiger partial charge is 0.410 e. The zero-order valence-electron chi connectivity index (χ0n) is 14.3. The summed E-state index contributed by atoms with van der Waals surface area (Å²) < 4.78 is 10.8. The molecule has 1 aliphatic heterocycles. The lowest BCUT2D eigenvalue weighted by Crippen LogP contribution is -2.47. The van der Waals surface area contributed by atoms with Crippen molar-refractivity contribution in [3.05, 3.63) is 12.4 Å². The minimum atomic E-state index is -0.476. The normalized spacial score (nSPS) is 18.4. The summed E-state index contributed by atoms with van der Waals surface area (Å²) in [5, 5.41) is 3.35. The average Bonchev–Trinajstić information content (AvgIpc) is 2.46. The van der Waals surface area contributed by atoms with Gasteiger partial charge in [0.2, 0.25) is 5.88 Å². The number of anilines is 1. The molecule has 0 radical (unpaired) electrons. The van der Waals surface area contributed by atoms with Crippen molar-refractivity contribution in [2.45, 2.75) is 52.2 Å². The molecule has 0 aromatic carbocycles. The fraction of sp³-hybridized carbons (Fsp3) is 0.688. The van der Waals surface area contributed by atoms with Gasteiger partial charge in [0.25, 0.3) is 0 Å². The summed E-state index contributed by atoms with van der Waals surface area (Å²) in [6.45, 7) is 9.42. The van der Waals surface area contributed by atoms with E-state index in [2.05, 4.69) is 15.3 Å². The lowest BCUT2D eigenvalue weighted by Gasteiger charge is -2.34. The van der Waals surface area contributed by atoms with Crippen LogP contribution in [0.3, 0.4) is 0 Å². The average molecular weight is 322 g/mol. The monoisotopic (exact) mass is 322 g/mol. The van der Waals surface area contributed by atoms with E-state index in [1.807, 2.05) is 27.7 Å². The van der Waals surface area contributed by atoms with Crippen LogP contribution in [-0.4, -0.2) is 52.3 Å². The predicted octanol–water partition coefficient (Wildman–Crippen LogP) is 2.69. The van der Waals surface area contributed by atoms with Crippen LogP contribution in [0.25, 0.3) is 0 Å². The summed E-state index contributed by atoms with van der Waals surface area (Å²) in [7, 11) is 0. The van der Waals surface area contributed by atoms with E-state index < -0.39 is 5.60 Å². The highest BCUT2D eigenvalue weighted by Gasteiger charge is 2.27. The molecular weight excluding hydrogens is 296 g/mol. The van der Waals surface area contributed by atoms with Crippen LogP contribution in [0, 0.1) is 0 Å². The standard InChI is InChI=1S/C16H26N4O3/c1-5-22-14-9-13(17-11-18-14)19-12-7-6-8-20(10-12)15(21)23-16(2,3)4/h9,11-12H,5-8,10H2,1-4H3,(H,17,18,19)/t12-/m1/s1. The number of nitrogens with one attached hydrogen (secondary N) is 1. The van der Waals surface area contributed by atoms with Crippen molar-refractivity contribution >= 4 is 11.9 Å². The molecule has 1 amide bonds.